The summed E-state index contributed by atoms with van der Waals surface area (Å²) in [5, 5.41) is 9.82. The average molecular weight is 295 g/mol. The summed E-state index contributed by atoms with van der Waals surface area (Å²) in [5.41, 5.74) is 6.45. The molecule has 0 unspecified atom stereocenters. The van der Waals surface area contributed by atoms with E-state index in [1.54, 1.807) is 6.92 Å². The molecule has 2 heterocycles. The molecular weight excluding hydrogens is 278 g/mol. The molecule has 1 saturated heterocycles. The number of hydrogen-bond acceptors (Lipinski definition) is 7. The third kappa shape index (κ3) is 2.86. The summed E-state index contributed by atoms with van der Waals surface area (Å²) in [6, 6.07) is 2.04. The van der Waals surface area contributed by atoms with E-state index in [0.717, 1.165) is 13.0 Å². The van der Waals surface area contributed by atoms with E-state index in [-0.39, 0.29) is 12.3 Å². The van der Waals surface area contributed by atoms with Crippen LogP contribution in [0.25, 0.3) is 0 Å². The lowest BCUT2D eigenvalue weighted by Crippen LogP contribution is -2.27. The summed E-state index contributed by atoms with van der Waals surface area (Å²) in [5.74, 6) is -0.470. The fraction of sp³-hybridized carbons (Fsp3) is 0.538. The van der Waals surface area contributed by atoms with Crippen LogP contribution in [-0.2, 0) is 9.47 Å². The van der Waals surface area contributed by atoms with Gasteiger partial charge in [-0.1, -0.05) is 0 Å². The van der Waals surface area contributed by atoms with Gasteiger partial charge in [-0.05, 0) is 13.3 Å². The lowest BCUT2D eigenvalue weighted by Gasteiger charge is -2.21. The molecule has 1 aromatic rings. The number of esters is 1. The Morgan fingerprint density at radius 2 is 2.35 bits per heavy atom. The van der Waals surface area contributed by atoms with Crippen molar-refractivity contribution in [1.82, 2.24) is 0 Å². The van der Waals surface area contributed by atoms with Gasteiger partial charge in [-0.2, -0.15) is 5.26 Å². The van der Waals surface area contributed by atoms with Crippen LogP contribution in [0.1, 0.15) is 28.6 Å². The van der Waals surface area contributed by atoms with Crippen molar-refractivity contribution < 1.29 is 14.3 Å². The monoisotopic (exact) mass is 295 g/mol. The minimum absolute atomic E-state index is 0.219. The quantitative estimate of drug-likeness (QED) is 0.852. The molecule has 0 aromatic carbocycles. The highest BCUT2D eigenvalue weighted by Crippen LogP contribution is 2.38. The summed E-state index contributed by atoms with van der Waals surface area (Å²) in [7, 11) is 0. The van der Waals surface area contributed by atoms with Crippen LogP contribution >= 0.6 is 11.3 Å². The standard InChI is InChI=1S/C13H17N3O3S/c1-2-19-13(17)10-11(15)9(8-14)20-12(10)16-4-3-6-18-7-5-16/h2-7,15H2,1H3. The van der Waals surface area contributed by atoms with Gasteiger partial charge >= 0.3 is 5.97 Å². The molecule has 0 aliphatic carbocycles. The van der Waals surface area contributed by atoms with Crippen LogP contribution in [0.4, 0.5) is 10.7 Å². The predicted octanol–water partition coefficient (Wildman–Crippen LogP) is 1.61. The fourth-order valence-corrected chi connectivity index (χ4v) is 3.14. The van der Waals surface area contributed by atoms with Crippen LogP contribution in [0.3, 0.4) is 0 Å². The summed E-state index contributed by atoms with van der Waals surface area (Å²) >= 11 is 1.24. The van der Waals surface area contributed by atoms with E-state index in [1.165, 1.54) is 11.3 Å². The Morgan fingerprint density at radius 1 is 1.55 bits per heavy atom. The first-order chi connectivity index (χ1) is 9.69. The number of nitrogens with two attached hydrogens (primary N) is 1. The van der Waals surface area contributed by atoms with E-state index in [1.807, 2.05) is 11.0 Å². The van der Waals surface area contributed by atoms with Crippen LogP contribution in [0.5, 0.6) is 0 Å². The molecule has 0 spiro atoms. The van der Waals surface area contributed by atoms with Gasteiger partial charge in [0.15, 0.2) is 0 Å². The van der Waals surface area contributed by atoms with E-state index in [0.29, 0.717) is 35.2 Å². The van der Waals surface area contributed by atoms with Crippen molar-refractivity contribution in [2.45, 2.75) is 13.3 Å². The van der Waals surface area contributed by atoms with Crippen molar-refractivity contribution in [3.63, 3.8) is 0 Å². The minimum Gasteiger partial charge on any atom is -0.462 e. The van der Waals surface area contributed by atoms with Gasteiger partial charge in [0.05, 0.1) is 18.9 Å². The molecule has 1 aliphatic rings. The maximum Gasteiger partial charge on any atom is 0.343 e. The van der Waals surface area contributed by atoms with Gasteiger partial charge in [0.2, 0.25) is 0 Å². The first-order valence-corrected chi connectivity index (χ1v) is 7.32. The SMILES string of the molecule is CCOC(=O)c1c(N2CCCOCC2)sc(C#N)c1N. The molecule has 108 valence electrons. The second-order valence-corrected chi connectivity index (χ2v) is 5.31. The van der Waals surface area contributed by atoms with Gasteiger partial charge in [0.1, 0.15) is 21.5 Å². The first kappa shape index (κ1) is 14.6. The number of carbonyl (C=O) groups is 1. The summed E-state index contributed by atoms with van der Waals surface area (Å²) in [6.07, 6.45) is 0.877. The zero-order chi connectivity index (χ0) is 14.5. The highest BCUT2D eigenvalue weighted by Gasteiger charge is 2.27. The lowest BCUT2D eigenvalue weighted by atomic mass is 10.2. The van der Waals surface area contributed by atoms with Gasteiger partial charge in [0, 0.05) is 19.7 Å². The number of hydrogen-bond donors (Lipinski definition) is 1. The normalized spacial score (nSPS) is 15.5. The Labute approximate surface area is 121 Å². The largest absolute Gasteiger partial charge is 0.462 e. The van der Waals surface area contributed by atoms with E-state index in [2.05, 4.69) is 0 Å². The van der Waals surface area contributed by atoms with Crippen molar-refractivity contribution >= 4 is 28.0 Å². The molecule has 0 bridgehead atoms. The smallest absolute Gasteiger partial charge is 0.343 e. The molecule has 0 radical (unpaired) electrons. The molecule has 1 fully saturated rings. The number of nitrogens with zero attached hydrogens (tertiary/aromatic N) is 2. The Bertz CT molecular complexity index is 528. The van der Waals surface area contributed by atoms with Gasteiger partial charge in [-0.15, -0.1) is 11.3 Å². The zero-order valence-electron chi connectivity index (χ0n) is 11.3. The van der Waals surface area contributed by atoms with Gasteiger partial charge < -0.3 is 20.1 Å². The third-order valence-corrected chi connectivity index (χ3v) is 4.19. The van der Waals surface area contributed by atoms with Crippen molar-refractivity contribution in [1.29, 1.82) is 5.26 Å². The second kappa shape index (κ2) is 6.59. The van der Waals surface area contributed by atoms with E-state index < -0.39 is 5.97 Å². The number of anilines is 2. The van der Waals surface area contributed by atoms with Crippen LogP contribution in [0, 0.1) is 11.3 Å². The zero-order valence-corrected chi connectivity index (χ0v) is 12.2. The van der Waals surface area contributed by atoms with Crippen molar-refractivity contribution in [3.8, 4) is 6.07 Å². The van der Waals surface area contributed by atoms with Crippen LogP contribution in [-0.4, -0.2) is 38.9 Å². The van der Waals surface area contributed by atoms with Crippen LogP contribution in [0.15, 0.2) is 0 Å². The molecule has 0 amide bonds. The summed E-state index contributed by atoms with van der Waals surface area (Å²) in [6.45, 7) is 4.78. The Morgan fingerprint density at radius 3 is 3.05 bits per heavy atom. The molecular formula is C13H17N3O3S. The fourth-order valence-electron chi connectivity index (χ4n) is 2.09. The molecule has 1 aliphatic heterocycles. The van der Waals surface area contributed by atoms with Crippen molar-refractivity contribution in [2.75, 3.05) is 43.5 Å². The first-order valence-electron chi connectivity index (χ1n) is 6.51. The summed E-state index contributed by atoms with van der Waals surface area (Å²) < 4.78 is 10.5. The van der Waals surface area contributed by atoms with E-state index in [4.69, 9.17) is 20.5 Å². The van der Waals surface area contributed by atoms with E-state index >= 15 is 0 Å². The number of carbonyl (C=O) groups excluding carboxylic acids is 1. The Kier molecular flexibility index (Phi) is 4.82. The van der Waals surface area contributed by atoms with Crippen LogP contribution < -0.4 is 10.6 Å². The second-order valence-electron chi connectivity index (χ2n) is 4.31. The molecule has 20 heavy (non-hydrogen) atoms. The number of ether oxygens (including phenoxy) is 2. The maximum atomic E-state index is 12.1. The molecule has 0 saturated carbocycles. The lowest BCUT2D eigenvalue weighted by molar-refractivity contribution is 0.0529. The number of rotatable bonds is 3. The number of nitriles is 1. The predicted molar refractivity (Wildman–Crippen MR) is 77.1 cm³/mol. The van der Waals surface area contributed by atoms with Crippen molar-refractivity contribution in [3.05, 3.63) is 10.4 Å². The maximum absolute atomic E-state index is 12.1. The minimum atomic E-state index is -0.470. The van der Waals surface area contributed by atoms with E-state index in [9.17, 15) is 4.79 Å². The Balaban J connectivity index is 2.40. The highest BCUT2D eigenvalue weighted by molar-refractivity contribution is 7.17. The van der Waals surface area contributed by atoms with Gasteiger partial charge in [-0.3, -0.25) is 0 Å². The molecule has 7 heteroatoms. The molecule has 1 aromatic heterocycles. The molecule has 6 nitrogen and oxygen atoms in total. The third-order valence-electron chi connectivity index (χ3n) is 3.02. The highest BCUT2D eigenvalue weighted by atomic mass is 32.1. The van der Waals surface area contributed by atoms with Crippen molar-refractivity contribution in [2.24, 2.45) is 0 Å². The molecule has 2 N–H and O–H groups in total. The average Bonchev–Trinajstić information content (AvgIpc) is 2.63. The van der Waals surface area contributed by atoms with Gasteiger partial charge in [-0.25, -0.2) is 4.79 Å². The topological polar surface area (TPSA) is 88.6 Å². The Hall–Kier alpha value is -1.78. The van der Waals surface area contributed by atoms with Crippen LogP contribution in [0.2, 0.25) is 0 Å². The number of thiophene rings is 1. The summed E-state index contributed by atoms with van der Waals surface area (Å²) in [4.78, 5) is 14.5. The molecule has 2 rings (SSSR count). The molecule has 0 atom stereocenters. The van der Waals surface area contributed by atoms with Gasteiger partial charge in [0.25, 0.3) is 0 Å². The number of nitrogen functional groups attached to an aromatic ring is 1.